The molecule has 0 aliphatic heterocycles. The Hall–Kier alpha value is -0.380. The highest BCUT2D eigenvalue weighted by atomic mass is 127. The molecule has 2 rings (SSSR count). The summed E-state index contributed by atoms with van der Waals surface area (Å²) in [6.45, 7) is 2.72. The second-order valence-electron chi connectivity index (χ2n) is 6.74. The van der Waals surface area contributed by atoms with Crippen LogP contribution in [0.2, 0.25) is 0 Å². The largest absolute Gasteiger partial charge is 0.356 e. The molecule has 0 aromatic rings. The number of guanidine groups is 1. The quantitative estimate of drug-likeness (QED) is 0.213. The summed E-state index contributed by atoms with van der Waals surface area (Å²) < 4.78 is 12.0. The maximum Gasteiger partial charge on any atom is 0.220 e. The molecule has 6 nitrogen and oxygen atoms in total. The van der Waals surface area contributed by atoms with Crippen molar-refractivity contribution < 1.29 is 9.00 Å². The van der Waals surface area contributed by atoms with Crippen molar-refractivity contribution in [2.45, 2.75) is 75.6 Å². The number of amides is 1. The van der Waals surface area contributed by atoms with E-state index >= 15 is 0 Å². The van der Waals surface area contributed by atoms with Gasteiger partial charge in [0.1, 0.15) is 0 Å². The zero-order chi connectivity index (χ0) is 17.4. The van der Waals surface area contributed by atoms with E-state index in [1.54, 1.807) is 7.05 Å². The number of carbonyl (C=O) groups excluding carboxylic acids is 1. The summed E-state index contributed by atoms with van der Waals surface area (Å²) in [7, 11) is 1.06. The Morgan fingerprint density at radius 3 is 2.56 bits per heavy atom. The normalized spacial score (nSPS) is 24.8. The van der Waals surface area contributed by atoms with Gasteiger partial charge in [-0.1, -0.05) is 13.3 Å². The molecule has 0 heterocycles. The van der Waals surface area contributed by atoms with Gasteiger partial charge in [0.15, 0.2) is 5.96 Å². The van der Waals surface area contributed by atoms with E-state index in [-0.39, 0.29) is 29.9 Å². The molecule has 2 aliphatic carbocycles. The van der Waals surface area contributed by atoms with Crippen molar-refractivity contribution in [1.29, 1.82) is 0 Å². The van der Waals surface area contributed by atoms with Gasteiger partial charge in [0.25, 0.3) is 0 Å². The standard InChI is InChI=1S/C17H32N4O2S.HI/c1-3-24(23)15-7-4-6-14(12-15)21-17(18-2)19-11-5-8-16(22)20-13-9-10-13;/h13-15H,3-12H2,1-2H3,(H,20,22)(H2,18,19,21);1H. The Labute approximate surface area is 171 Å². The van der Waals surface area contributed by atoms with Crippen molar-refractivity contribution in [3.63, 3.8) is 0 Å². The minimum atomic E-state index is -0.708. The highest BCUT2D eigenvalue weighted by Crippen LogP contribution is 2.23. The molecule has 2 fully saturated rings. The first-order valence-electron chi connectivity index (χ1n) is 9.26. The van der Waals surface area contributed by atoms with Crippen molar-refractivity contribution in [1.82, 2.24) is 16.0 Å². The molecule has 0 bridgehead atoms. The average molecular weight is 484 g/mol. The molecule has 3 atom stereocenters. The van der Waals surface area contributed by atoms with Crippen LogP contribution in [0.5, 0.6) is 0 Å². The van der Waals surface area contributed by atoms with Crippen LogP contribution in [0.3, 0.4) is 0 Å². The fraction of sp³-hybridized carbons (Fsp3) is 0.882. The highest BCUT2D eigenvalue weighted by molar-refractivity contribution is 14.0. The summed E-state index contributed by atoms with van der Waals surface area (Å²) in [5.74, 6) is 1.68. The topological polar surface area (TPSA) is 82.6 Å². The van der Waals surface area contributed by atoms with Crippen molar-refractivity contribution in [2.75, 3.05) is 19.3 Å². The molecule has 0 aromatic carbocycles. The lowest BCUT2D eigenvalue weighted by Gasteiger charge is -2.30. The van der Waals surface area contributed by atoms with Crippen LogP contribution >= 0.6 is 24.0 Å². The molecule has 25 heavy (non-hydrogen) atoms. The Bertz CT molecular complexity index is 472. The third-order valence-corrected chi connectivity index (χ3v) is 6.40. The number of carbonyl (C=O) groups is 1. The SMILES string of the molecule is CCS(=O)C1CCCC(NC(=NC)NCCCC(=O)NC2CC2)C1.I. The lowest BCUT2D eigenvalue weighted by Crippen LogP contribution is -2.46. The monoisotopic (exact) mass is 484 g/mol. The van der Waals surface area contributed by atoms with Crippen molar-refractivity contribution in [3.8, 4) is 0 Å². The zero-order valence-corrected chi connectivity index (χ0v) is 18.5. The van der Waals surface area contributed by atoms with Gasteiger partial charge in [-0.05, 0) is 38.5 Å². The Kier molecular flexibility index (Phi) is 11.0. The Morgan fingerprint density at radius 1 is 1.16 bits per heavy atom. The molecule has 0 spiro atoms. The van der Waals surface area contributed by atoms with Gasteiger partial charge in [-0.3, -0.25) is 14.0 Å². The zero-order valence-electron chi connectivity index (χ0n) is 15.4. The summed E-state index contributed by atoms with van der Waals surface area (Å²) in [6.07, 6.45) is 7.85. The number of hydrogen-bond donors (Lipinski definition) is 3. The molecule has 0 saturated heterocycles. The molecule has 2 aliphatic rings. The van der Waals surface area contributed by atoms with Gasteiger partial charge in [-0.15, -0.1) is 24.0 Å². The molecule has 2 saturated carbocycles. The molecule has 3 N–H and O–H groups in total. The van der Waals surface area contributed by atoms with E-state index in [0.29, 0.717) is 23.8 Å². The van der Waals surface area contributed by atoms with Crippen molar-refractivity contribution in [3.05, 3.63) is 0 Å². The summed E-state index contributed by atoms with van der Waals surface area (Å²) in [5, 5.41) is 10.0. The maximum absolute atomic E-state index is 12.0. The second-order valence-corrected chi connectivity index (χ2v) is 8.75. The smallest absolute Gasteiger partial charge is 0.220 e. The fourth-order valence-corrected chi connectivity index (χ4v) is 4.47. The Balaban J connectivity index is 0.00000312. The second kappa shape index (κ2) is 12.1. The minimum Gasteiger partial charge on any atom is -0.356 e. The molecular weight excluding hydrogens is 451 g/mol. The summed E-state index contributed by atoms with van der Waals surface area (Å²) in [4.78, 5) is 15.9. The summed E-state index contributed by atoms with van der Waals surface area (Å²) >= 11 is 0. The lowest BCUT2D eigenvalue weighted by atomic mass is 9.95. The number of hydrogen-bond acceptors (Lipinski definition) is 3. The van der Waals surface area contributed by atoms with Gasteiger partial charge >= 0.3 is 0 Å². The molecule has 146 valence electrons. The molecule has 3 unspecified atom stereocenters. The van der Waals surface area contributed by atoms with Crippen LogP contribution in [0.4, 0.5) is 0 Å². The highest BCUT2D eigenvalue weighted by Gasteiger charge is 2.26. The van der Waals surface area contributed by atoms with E-state index < -0.39 is 10.8 Å². The van der Waals surface area contributed by atoms with Crippen LogP contribution in [-0.4, -0.2) is 52.8 Å². The van der Waals surface area contributed by atoms with E-state index in [4.69, 9.17) is 0 Å². The Morgan fingerprint density at radius 2 is 1.92 bits per heavy atom. The predicted octanol–water partition coefficient (Wildman–Crippen LogP) is 1.91. The molecule has 8 heteroatoms. The summed E-state index contributed by atoms with van der Waals surface area (Å²) in [5.41, 5.74) is 0. The number of rotatable bonds is 8. The van der Waals surface area contributed by atoms with E-state index in [2.05, 4.69) is 20.9 Å². The van der Waals surface area contributed by atoms with Crippen LogP contribution in [0.1, 0.15) is 58.3 Å². The molecule has 0 radical (unpaired) electrons. The number of nitrogens with one attached hydrogen (secondary N) is 3. The van der Waals surface area contributed by atoms with Crippen LogP contribution in [0, 0.1) is 0 Å². The first kappa shape index (κ1) is 22.7. The lowest BCUT2D eigenvalue weighted by molar-refractivity contribution is -0.121. The molecule has 1 amide bonds. The van der Waals surface area contributed by atoms with E-state index in [1.165, 1.54) is 0 Å². The molecule has 0 aromatic heterocycles. The first-order valence-corrected chi connectivity index (χ1v) is 10.6. The van der Waals surface area contributed by atoms with Gasteiger partial charge in [0.05, 0.1) is 0 Å². The fourth-order valence-electron chi connectivity index (χ4n) is 3.12. The van der Waals surface area contributed by atoms with E-state index in [1.807, 2.05) is 6.92 Å². The van der Waals surface area contributed by atoms with Crippen molar-refractivity contribution >= 4 is 46.6 Å². The number of halogens is 1. The van der Waals surface area contributed by atoms with Gasteiger partial charge in [0, 0.05) is 53.9 Å². The molecular formula is C17H33IN4O2S. The van der Waals surface area contributed by atoms with Crippen LogP contribution in [-0.2, 0) is 15.6 Å². The third-order valence-electron chi connectivity index (χ3n) is 4.66. The van der Waals surface area contributed by atoms with E-state index in [0.717, 1.165) is 63.2 Å². The predicted molar refractivity (Wildman–Crippen MR) is 115 cm³/mol. The van der Waals surface area contributed by atoms with Gasteiger partial charge in [0.2, 0.25) is 5.91 Å². The number of nitrogens with zero attached hydrogens (tertiary/aromatic N) is 1. The van der Waals surface area contributed by atoms with Gasteiger partial charge in [-0.25, -0.2) is 0 Å². The van der Waals surface area contributed by atoms with Crippen LogP contribution in [0.15, 0.2) is 4.99 Å². The van der Waals surface area contributed by atoms with E-state index in [9.17, 15) is 9.00 Å². The maximum atomic E-state index is 12.0. The van der Waals surface area contributed by atoms with Gasteiger partial charge in [-0.2, -0.15) is 0 Å². The first-order chi connectivity index (χ1) is 11.6. The minimum absolute atomic E-state index is 0. The summed E-state index contributed by atoms with van der Waals surface area (Å²) in [6, 6.07) is 0.774. The van der Waals surface area contributed by atoms with Crippen LogP contribution < -0.4 is 16.0 Å². The van der Waals surface area contributed by atoms with Gasteiger partial charge < -0.3 is 16.0 Å². The third kappa shape index (κ3) is 8.70. The van der Waals surface area contributed by atoms with Crippen molar-refractivity contribution in [2.24, 2.45) is 4.99 Å². The average Bonchev–Trinajstić information content (AvgIpc) is 3.41. The van der Waals surface area contributed by atoms with Crippen LogP contribution in [0.25, 0.3) is 0 Å². The number of aliphatic imine (C=N–C) groups is 1.